The Hall–Kier alpha value is -0.990. The molecular weight excluding hydrogens is 154 g/mol. The predicted octanol–water partition coefficient (Wildman–Crippen LogP) is 1.73. The molecule has 12 heavy (non-hydrogen) atoms. The number of H-pyrrole nitrogens is 1. The van der Waals surface area contributed by atoms with Crippen molar-refractivity contribution >= 4 is 0 Å². The summed E-state index contributed by atoms with van der Waals surface area (Å²) in [5.41, 5.74) is 0.956. The zero-order chi connectivity index (χ0) is 9.14. The first-order valence-corrected chi connectivity index (χ1v) is 4.34. The van der Waals surface area contributed by atoms with Crippen molar-refractivity contribution in [2.45, 2.75) is 33.6 Å². The van der Waals surface area contributed by atoms with Gasteiger partial charge in [0.05, 0.1) is 5.69 Å². The Morgan fingerprint density at radius 3 is 2.67 bits per heavy atom. The molecule has 0 aromatic carbocycles. The quantitative estimate of drug-likeness (QED) is 0.749. The van der Waals surface area contributed by atoms with E-state index in [4.69, 9.17) is 4.42 Å². The summed E-state index contributed by atoms with van der Waals surface area (Å²) >= 11 is 0. The van der Waals surface area contributed by atoms with Crippen LogP contribution in [0.1, 0.15) is 32.2 Å². The van der Waals surface area contributed by atoms with Crippen molar-refractivity contribution in [3.05, 3.63) is 22.0 Å². The third kappa shape index (κ3) is 2.00. The minimum absolute atomic E-state index is 0.331. The number of aromatic amines is 1. The Morgan fingerprint density at radius 1 is 1.50 bits per heavy atom. The highest BCUT2D eigenvalue weighted by Gasteiger charge is 2.08. The van der Waals surface area contributed by atoms with Crippen LogP contribution in [0.15, 0.2) is 9.21 Å². The average Bonchev–Trinajstić information content (AvgIpc) is 2.29. The molecule has 0 aliphatic rings. The summed E-state index contributed by atoms with van der Waals surface area (Å²) in [5, 5.41) is 0. The fourth-order valence-electron chi connectivity index (χ4n) is 1.25. The molecule has 0 amide bonds. The molecule has 1 aromatic rings. The van der Waals surface area contributed by atoms with Crippen molar-refractivity contribution in [3.8, 4) is 0 Å². The summed E-state index contributed by atoms with van der Waals surface area (Å²) in [5.74, 6) is 1.01. The van der Waals surface area contributed by atoms with Gasteiger partial charge in [0.2, 0.25) is 0 Å². The highest BCUT2D eigenvalue weighted by Crippen LogP contribution is 2.09. The first-order chi connectivity index (χ1) is 5.63. The second-order valence-electron chi connectivity index (χ2n) is 3.37. The number of hydrogen-bond donors (Lipinski definition) is 1. The van der Waals surface area contributed by atoms with Crippen LogP contribution in [-0.4, -0.2) is 4.98 Å². The van der Waals surface area contributed by atoms with Gasteiger partial charge in [0, 0.05) is 6.42 Å². The van der Waals surface area contributed by atoms with Crippen LogP contribution in [0.4, 0.5) is 0 Å². The summed E-state index contributed by atoms with van der Waals surface area (Å²) in [7, 11) is 0. The summed E-state index contributed by atoms with van der Waals surface area (Å²) < 4.78 is 4.95. The van der Waals surface area contributed by atoms with Crippen LogP contribution < -0.4 is 5.76 Å². The molecule has 0 aliphatic heterocycles. The lowest BCUT2D eigenvalue weighted by molar-refractivity contribution is 0.470. The van der Waals surface area contributed by atoms with E-state index >= 15 is 0 Å². The molecule has 0 spiro atoms. The van der Waals surface area contributed by atoms with Gasteiger partial charge in [-0.25, -0.2) is 4.79 Å². The Labute approximate surface area is 71.8 Å². The zero-order valence-corrected chi connectivity index (χ0v) is 7.81. The molecule has 1 rings (SSSR count). The molecule has 68 valence electrons. The van der Waals surface area contributed by atoms with Crippen molar-refractivity contribution < 1.29 is 4.42 Å². The maximum Gasteiger partial charge on any atom is 0.416 e. The van der Waals surface area contributed by atoms with E-state index in [1.54, 1.807) is 0 Å². The lowest BCUT2D eigenvalue weighted by atomic mass is 10.1. The maximum absolute atomic E-state index is 10.8. The van der Waals surface area contributed by atoms with Gasteiger partial charge in [0.25, 0.3) is 0 Å². The summed E-state index contributed by atoms with van der Waals surface area (Å²) in [6.45, 7) is 6.21. The third-order valence-corrected chi connectivity index (χ3v) is 1.74. The Kier molecular flexibility index (Phi) is 2.74. The molecule has 0 saturated carbocycles. The summed E-state index contributed by atoms with van der Waals surface area (Å²) in [4.78, 5) is 13.5. The summed E-state index contributed by atoms with van der Waals surface area (Å²) in [6, 6.07) is 0. The van der Waals surface area contributed by atoms with Crippen LogP contribution in [-0.2, 0) is 12.8 Å². The van der Waals surface area contributed by atoms with Crippen LogP contribution in [0.25, 0.3) is 0 Å². The third-order valence-electron chi connectivity index (χ3n) is 1.74. The molecule has 0 unspecified atom stereocenters. The van der Waals surface area contributed by atoms with Gasteiger partial charge in [-0.3, -0.25) is 4.98 Å². The minimum Gasteiger partial charge on any atom is -0.413 e. The Morgan fingerprint density at radius 2 is 2.17 bits per heavy atom. The Bertz CT molecular complexity index is 296. The molecule has 1 aromatic heterocycles. The molecular formula is C9H15NO2. The van der Waals surface area contributed by atoms with Gasteiger partial charge in [0.15, 0.2) is 0 Å². The van der Waals surface area contributed by atoms with E-state index in [0.717, 1.165) is 24.3 Å². The van der Waals surface area contributed by atoms with Crippen LogP contribution >= 0.6 is 0 Å². The zero-order valence-electron chi connectivity index (χ0n) is 7.81. The first kappa shape index (κ1) is 9.10. The number of hydrogen-bond acceptors (Lipinski definition) is 2. The van der Waals surface area contributed by atoms with Crippen LogP contribution in [0.2, 0.25) is 0 Å². The molecule has 0 saturated heterocycles. The topological polar surface area (TPSA) is 46.0 Å². The number of oxazole rings is 1. The van der Waals surface area contributed by atoms with Gasteiger partial charge in [-0.2, -0.15) is 0 Å². The van der Waals surface area contributed by atoms with E-state index < -0.39 is 0 Å². The van der Waals surface area contributed by atoms with Gasteiger partial charge in [-0.15, -0.1) is 0 Å². The smallest absolute Gasteiger partial charge is 0.413 e. The van der Waals surface area contributed by atoms with Crippen molar-refractivity contribution in [1.82, 2.24) is 4.98 Å². The lowest BCUT2D eigenvalue weighted by Crippen LogP contribution is -2.00. The fourth-order valence-corrected chi connectivity index (χ4v) is 1.25. The second-order valence-corrected chi connectivity index (χ2v) is 3.37. The number of aromatic nitrogens is 1. The monoisotopic (exact) mass is 169 g/mol. The molecule has 3 nitrogen and oxygen atoms in total. The molecule has 0 radical (unpaired) electrons. The number of nitrogens with one attached hydrogen (secondary N) is 1. The van der Waals surface area contributed by atoms with E-state index in [1.165, 1.54) is 0 Å². The molecule has 0 aliphatic carbocycles. The van der Waals surface area contributed by atoms with E-state index in [-0.39, 0.29) is 5.76 Å². The van der Waals surface area contributed by atoms with Gasteiger partial charge in [0.1, 0.15) is 5.76 Å². The molecule has 0 fully saturated rings. The van der Waals surface area contributed by atoms with Gasteiger partial charge in [-0.05, 0) is 12.3 Å². The maximum atomic E-state index is 10.8. The fraction of sp³-hybridized carbons (Fsp3) is 0.667. The van der Waals surface area contributed by atoms with E-state index in [1.807, 2.05) is 6.92 Å². The molecule has 0 bridgehead atoms. The van der Waals surface area contributed by atoms with Crippen molar-refractivity contribution in [2.24, 2.45) is 5.92 Å². The normalized spacial score (nSPS) is 11.0. The van der Waals surface area contributed by atoms with Crippen molar-refractivity contribution in [2.75, 3.05) is 0 Å². The van der Waals surface area contributed by atoms with Crippen LogP contribution in [0.3, 0.4) is 0 Å². The standard InChI is InChI=1S/C9H15NO2/c1-4-8-7(5-6(2)3)10-9(11)12-8/h6H,4-5H2,1-3H3,(H,10,11). The summed E-state index contributed by atoms with van der Waals surface area (Å²) in [6.07, 6.45) is 1.66. The highest BCUT2D eigenvalue weighted by atomic mass is 16.4. The molecule has 3 heteroatoms. The second kappa shape index (κ2) is 3.61. The lowest BCUT2D eigenvalue weighted by Gasteiger charge is -2.01. The van der Waals surface area contributed by atoms with E-state index in [2.05, 4.69) is 18.8 Å². The van der Waals surface area contributed by atoms with Gasteiger partial charge < -0.3 is 4.42 Å². The average molecular weight is 169 g/mol. The SMILES string of the molecule is CCc1oc(=O)[nH]c1CC(C)C. The molecule has 0 atom stereocenters. The van der Waals surface area contributed by atoms with Gasteiger partial charge in [-0.1, -0.05) is 20.8 Å². The first-order valence-electron chi connectivity index (χ1n) is 4.34. The predicted molar refractivity (Wildman–Crippen MR) is 47.2 cm³/mol. The van der Waals surface area contributed by atoms with Crippen molar-refractivity contribution in [3.63, 3.8) is 0 Å². The highest BCUT2D eigenvalue weighted by molar-refractivity contribution is 5.07. The van der Waals surface area contributed by atoms with E-state index in [0.29, 0.717) is 5.92 Å². The van der Waals surface area contributed by atoms with E-state index in [9.17, 15) is 4.79 Å². The number of rotatable bonds is 3. The number of aryl methyl sites for hydroxylation is 1. The van der Waals surface area contributed by atoms with Crippen LogP contribution in [0.5, 0.6) is 0 Å². The largest absolute Gasteiger partial charge is 0.416 e. The minimum atomic E-state index is -0.331. The van der Waals surface area contributed by atoms with Crippen molar-refractivity contribution in [1.29, 1.82) is 0 Å². The van der Waals surface area contributed by atoms with Crippen LogP contribution in [0, 0.1) is 5.92 Å². The Balaban J connectivity index is 2.89. The molecule has 1 N–H and O–H groups in total. The van der Waals surface area contributed by atoms with Gasteiger partial charge >= 0.3 is 5.76 Å². The molecule has 1 heterocycles.